The predicted molar refractivity (Wildman–Crippen MR) is 83.3 cm³/mol. The predicted octanol–water partition coefficient (Wildman–Crippen LogP) is 3.21. The van der Waals surface area contributed by atoms with Crippen molar-refractivity contribution in [3.63, 3.8) is 0 Å². The summed E-state index contributed by atoms with van der Waals surface area (Å²) in [5, 5.41) is 6.05. The van der Waals surface area contributed by atoms with Crippen LogP contribution in [0.15, 0.2) is 59.7 Å². The van der Waals surface area contributed by atoms with Crippen LogP contribution in [0.25, 0.3) is 0 Å². The lowest BCUT2D eigenvalue weighted by Crippen LogP contribution is -3.08. The summed E-state index contributed by atoms with van der Waals surface area (Å²) in [6.07, 6.45) is 1.00. The maximum Gasteiger partial charge on any atom is 0.158 e. The van der Waals surface area contributed by atoms with Crippen LogP contribution in [-0.2, 0) is 5.54 Å². The summed E-state index contributed by atoms with van der Waals surface area (Å²) in [5.41, 5.74) is 5.07. The van der Waals surface area contributed by atoms with Crippen LogP contribution in [0.2, 0.25) is 0 Å². The molecule has 0 aliphatic carbocycles. The molecule has 20 heavy (non-hydrogen) atoms. The van der Waals surface area contributed by atoms with Gasteiger partial charge in [0.2, 0.25) is 0 Å². The lowest BCUT2D eigenvalue weighted by molar-refractivity contribution is -0.896. The molecule has 1 aliphatic heterocycles. The summed E-state index contributed by atoms with van der Waals surface area (Å²) >= 11 is 0. The van der Waals surface area contributed by atoms with Gasteiger partial charge in [0.15, 0.2) is 11.2 Å². The molecule has 1 heterocycles. The molecule has 0 bridgehead atoms. The van der Waals surface area contributed by atoms with Gasteiger partial charge in [-0.1, -0.05) is 53.1 Å². The molecule has 3 rings (SSSR count). The van der Waals surface area contributed by atoms with Crippen LogP contribution in [0.3, 0.4) is 0 Å². The van der Waals surface area contributed by atoms with Gasteiger partial charge < -0.3 is 0 Å². The first-order chi connectivity index (χ1) is 9.59. The minimum absolute atomic E-state index is 0.0133. The highest BCUT2D eigenvalue weighted by Gasteiger charge is 2.45. The maximum absolute atomic E-state index is 4.85. The lowest BCUT2D eigenvalue weighted by atomic mass is 9.87. The number of rotatable bonds is 2. The fraction of sp³-hybridized carbons (Fsp3) is 0.278. The van der Waals surface area contributed by atoms with Crippen molar-refractivity contribution in [3.05, 3.63) is 65.7 Å². The van der Waals surface area contributed by atoms with E-state index in [1.54, 1.807) is 0 Å². The molecule has 2 nitrogen and oxygen atoms in total. The summed E-state index contributed by atoms with van der Waals surface area (Å²) < 4.78 is 0. The van der Waals surface area contributed by atoms with Gasteiger partial charge in [-0.25, -0.2) is 0 Å². The Labute approximate surface area is 120 Å². The second-order valence-corrected chi connectivity index (χ2v) is 5.94. The highest BCUT2D eigenvalue weighted by Crippen LogP contribution is 2.27. The molecular formula is C18H21N2+. The molecule has 102 valence electrons. The van der Waals surface area contributed by atoms with Crippen LogP contribution in [0.5, 0.6) is 0 Å². The van der Waals surface area contributed by atoms with E-state index in [-0.39, 0.29) is 5.54 Å². The fourth-order valence-electron chi connectivity index (χ4n) is 3.09. The summed E-state index contributed by atoms with van der Waals surface area (Å²) in [6.45, 7) is 6.55. The monoisotopic (exact) mass is 265 g/mol. The molecule has 0 saturated heterocycles. The Kier molecular flexibility index (Phi) is 3.19. The molecule has 2 aromatic rings. The van der Waals surface area contributed by atoms with Gasteiger partial charge in [0.05, 0.1) is 12.1 Å². The molecule has 1 aliphatic rings. The van der Waals surface area contributed by atoms with E-state index in [2.05, 4.69) is 75.4 Å². The molecule has 2 aromatic carbocycles. The first kappa shape index (κ1) is 13.1. The topological polar surface area (TPSA) is 16.8 Å². The first-order valence-electron chi connectivity index (χ1n) is 7.14. The second-order valence-electron chi connectivity index (χ2n) is 5.94. The normalized spacial score (nSPS) is 25.6. The summed E-state index contributed by atoms with van der Waals surface area (Å²) in [7, 11) is 0. The summed E-state index contributed by atoms with van der Waals surface area (Å²) in [4.78, 5) is 0. The molecule has 0 aromatic heterocycles. The molecule has 0 saturated carbocycles. The molecule has 1 unspecified atom stereocenters. The molecule has 1 N–H and O–H groups in total. The number of hydrogen-bond acceptors (Lipinski definition) is 1. The third-order valence-electron chi connectivity index (χ3n) is 4.17. The molecule has 0 fully saturated rings. The average Bonchev–Trinajstić information content (AvgIpc) is 2.77. The Hall–Kier alpha value is -1.93. The Balaban J connectivity index is 2.05. The van der Waals surface area contributed by atoms with Crippen LogP contribution < -0.4 is 5.01 Å². The van der Waals surface area contributed by atoms with Crippen molar-refractivity contribution in [2.75, 3.05) is 0 Å². The largest absolute Gasteiger partial charge is 0.168 e. The zero-order valence-corrected chi connectivity index (χ0v) is 12.4. The van der Waals surface area contributed by atoms with Crippen molar-refractivity contribution in [2.24, 2.45) is 5.10 Å². The number of nitrogens with zero attached hydrogens (tertiary/aromatic N) is 1. The maximum atomic E-state index is 4.85. The zero-order chi connectivity index (χ0) is 14.2. The molecule has 2 atom stereocenters. The quantitative estimate of drug-likeness (QED) is 0.859. The highest BCUT2D eigenvalue weighted by atomic mass is 15.5. The van der Waals surface area contributed by atoms with E-state index in [1.807, 2.05) is 0 Å². The molecule has 0 amide bonds. The molecule has 0 spiro atoms. The fourth-order valence-corrected chi connectivity index (χ4v) is 3.09. The van der Waals surface area contributed by atoms with Crippen LogP contribution in [0.1, 0.15) is 31.4 Å². The Bertz CT molecular complexity index is 628. The Morgan fingerprint density at radius 3 is 2.25 bits per heavy atom. The van der Waals surface area contributed by atoms with Crippen LogP contribution >= 0.6 is 0 Å². The average molecular weight is 265 g/mol. The van der Waals surface area contributed by atoms with E-state index in [9.17, 15) is 0 Å². The van der Waals surface area contributed by atoms with Crippen molar-refractivity contribution >= 4 is 11.4 Å². The molecular weight excluding hydrogens is 244 g/mol. The number of benzene rings is 2. The van der Waals surface area contributed by atoms with E-state index in [4.69, 9.17) is 5.10 Å². The molecule has 0 radical (unpaired) electrons. The minimum Gasteiger partial charge on any atom is -0.168 e. The summed E-state index contributed by atoms with van der Waals surface area (Å²) in [5.74, 6) is 0. The third kappa shape index (κ3) is 2.16. The van der Waals surface area contributed by atoms with Crippen molar-refractivity contribution in [1.82, 2.24) is 0 Å². The smallest absolute Gasteiger partial charge is 0.158 e. The van der Waals surface area contributed by atoms with Gasteiger partial charge in [0.25, 0.3) is 0 Å². The van der Waals surface area contributed by atoms with Crippen molar-refractivity contribution in [1.29, 1.82) is 0 Å². The molecule has 2 heteroatoms. The van der Waals surface area contributed by atoms with Crippen molar-refractivity contribution in [2.45, 2.75) is 32.7 Å². The van der Waals surface area contributed by atoms with E-state index < -0.39 is 0 Å². The lowest BCUT2D eigenvalue weighted by Gasteiger charge is -2.28. The Morgan fingerprint density at radius 2 is 1.60 bits per heavy atom. The van der Waals surface area contributed by atoms with Crippen molar-refractivity contribution < 1.29 is 5.01 Å². The van der Waals surface area contributed by atoms with Gasteiger partial charge in [-0.3, -0.25) is 0 Å². The van der Waals surface area contributed by atoms with Gasteiger partial charge in [-0.15, -0.1) is 0 Å². The highest BCUT2D eigenvalue weighted by molar-refractivity contribution is 5.83. The summed E-state index contributed by atoms with van der Waals surface area (Å²) in [6, 6.07) is 19.4. The van der Waals surface area contributed by atoms with Crippen LogP contribution in [0.4, 0.5) is 5.69 Å². The second kappa shape index (κ2) is 4.88. The number of nitrogens with one attached hydrogen (secondary N) is 1. The van der Waals surface area contributed by atoms with Crippen LogP contribution in [-0.4, -0.2) is 5.71 Å². The van der Waals surface area contributed by atoms with Gasteiger partial charge in [-0.2, -0.15) is 5.01 Å². The van der Waals surface area contributed by atoms with Gasteiger partial charge in [-0.05, 0) is 20.8 Å². The Morgan fingerprint density at radius 1 is 0.950 bits per heavy atom. The van der Waals surface area contributed by atoms with E-state index >= 15 is 0 Å². The zero-order valence-electron chi connectivity index (χ0n) is 12.4. The van der Waals surface area contributed by atoms with Gasteiger partial charge in [0, 0.05) is 17.7 Å². The number of quaternary nitrogens is 1. The van der Waals surface area contributed by atoms with E-state index in [0.717, 1.165) is 6.42 Å². The SMILES string of the molecule is CC1=N[NH+](c2ccc(C)cc2)[C@@](C)(c2ccccc2)C1. The van der Waals surface area contributed by atoms with Crippen molar-refractivity contribution in [3.8, 4) is 0 Å². The first-order valence-corrected chi connectivity index (χ1v) is 7.14. The van der Waals surface area contributed by atoms with Crippen LogP contribution in [0, 0.1) is 6.92 Å². The number of aryl methyl sites for hydroxylation is 1. The van der Waals surface area contributed by atoms with E-state index in [1.165, 1.54) is 27.5 Å². The minimum atomic E-state index is -0.0133. The number of hydrogen-bond donors (Lipinski definition) is 1. The van der Waals surface area contributed by atoms with E-state index in [0.29, 0.717) is 0 Å². The van der Waals surface area contributed by atoms with Gasteiger partial charge in [0.1, 0.15) is 0 Å². The van der Waals surface area contributed by atoms with Gasteiger partial charge >= 0.3 is 0 Å². The third-order valence-corrected chi connectivity index (χ3v) is 4.17. The standard InChI is InChI=1S/C18H20N2/c1-14-9-11-17(12-10-14)20-18(3,13-15(2)19-20)16-7-5-4-6-8-16/h4-12H,13H2,1-3H3/p+1/t18-/m1/s1.